The Bertz CT molecular complexity index is 1040. The Hall–Kier alpha value is -2.97. The van der Waals surface area contributed by atoms with Gasteiger partial charge >= 0.3 is 0 Å². The number of alkyl halides is 1. The van der Waals surface area contributed by atoms with E-state index in [1.807, 2.05) is 0 Å². The summed E-state index contributed by atoms with van der Waals surface area (Å²) in [7, 11) is 0. The van der Waals surface area contributed by atoms with E-state index >= 15 is 0 Å². The van der Waals surface area contributed by atoms with Gasteiger partial charge in [0.1, 0.15) is 18.2 Å². The standard InChI is InChI=1S/C18H12F5N3O/c19-11-5-26(6-11)16(27)8-25-7-14(22)18-15(25)3-10(4-24-18)9-1-12(20)17(23)13(21)2-9/h1-4,7,11H,5-6,8H2. The molecule has 1 aliphatic rings. The molecule has 9 heteroatoms. The summed E-state index contributed by atoms with van der Waals surface area (Å²) in [5.41, 5.74) is 0.436. The minimum atomic E-state index is -1.59. The Morgan fingerprint density at radius 2 is 1.70 bits per heavy atom. The molecule has 1 saturated heterocycles. The third kappa shape index (κ3) is 3.02. The quantitative estimate of drug-likeness (QED) is 0.515. The highest BCUT2D eigenvalue weighted by Gasteiger charge is 2.30. The van der Waals surface area contributed by atoms with Gasteiger partial charge in [-0.3, -0.25) is 9.78 Å². The zero-order valence-electron chi connectivity index (χ0n) is 13.7. The predicted octanol–water partition coefficient (Wildman–Crippen LogP) is 3.44. The maximum atomic E-state index is 14.1. The Morgan fingerprint density at radius 1 is 1.04 bits per heavy atom. The molecule has 27 heavy (non-hydrogen) atoms. The van der Waals surface area contributed by atoms with E-state index in [0.29, 0.717) is 0 Å². The zero-order chi connectivity index (χ0) is 19.3. The monoisotopic (exact) mass is 381 g/mol. The predicted molar refractivity (Wildman–Crippen MR) is 86.5 cm³/mol. The molecule has 0 atom stereocenters. The number of aromatic nitrogens is 2. The van der Waals surface area contributed by atoms with E-state index < -0.39 is 29.4 Å². The molecule has 1 amide bonds. The smallest absolute Gasteiger partial charge is 0.242 e. The number of hydrogen-bond acceptors (Lipinski definition) is 2. The van der Waals surface area contributed by atoms with Crippen molar-refractivity contribution >= 4 is 16.9 Å². The van der Waals surface area contributed by atoms with Gasteiger partial charge in [-0.25, -0.2) is 22.0 Å². The number of amides is 1. The summed E-state index contributed by atoms with van der Waals surface area (Å²) >= 11 is 0. The SMILES string of the molecule is O=C(Cn1cc(F)c2ncc(-c3cc(F)c(F)c(F)c3)cc21)N1CC(F)C1. The molecule has 0 saturated carbocycles. The molecule has 3 aromatic rings. The van der Waals surface area contributed by atoms with E-state index in [0.717, 1.165) is 18.3 Å². The number of benzene rings is 1. The number of rotatable bonds is 3. The minimum absolute atomic E-state index is 0.00184. The molecule has 0 unspecified atom stereocenters. The van der Waals surface area contributed by atoms with Gasteiger partial charge < -0.3 is 9.47 Å². The van der Waals surface area contributed by atoms with E-state index in [-0.39, 0.29) is 47.7 Å². The van der Waals surface area contributed by atoms with E-state index in [1.54, 1.807) is 0 Å². The summed E-state index contributed by atoms with van der Waals surface area (Å²) in [4.78, 5) is 17.4. The molecule has 140 valence electrons. The van der Waals surface area contributed by atoms with E-state index in [1.165, 1.54) is 21.7 Å². The van der Waals surface area contributed by atoms with Crippen LogP contribution in [-0.2, 0) is 11.3 Å². The van der Waals surface area contributed by atoms with Gasteiger partial charge in [-0.05, 0) is 23.8 Å². The van der Waals surface area contributed by atoms with Crippen LogP contribution in [0.1, 0.15) is 0 Å². The topological polar surface area (TPSA) is 38.1 Å². The second-order valence-corrected chi connectivity index (χ2v) is 6.35. The van der Waals surface area contributed by atoms with Crippen LogP contribution in [0.2, 0.25) is 0 Å². The Labute approximate surface area is 149 Å². The number of likely N-dealkylation sites (tertiary alicyclic amines) is 1. The van der Waals surface area contributed by atoms with Crippen molar-refractivity contribution in [1.82, 2.24) is 14.5 Å². The Balaban J connectivity index is 1.72. The molecule has 1 fully saturated rings. The van der Waals surface area contributed by atoms with Crippen LogP contribution in [-0.4, -0.2) is 39.6 Å². The number of carbonyl (C=O) groups is 1. The molecule has 1 aromatic carbocycles. The molecule has 0 bridgehead atoms. The van der Waals surface area contributed by atoms with Crippen molar-refractivity contribution in [3.63, 3.8) is 0 Å². The van der Waals surface area contributed by atoms with Crippen LogP contribution in [0.3, 0.4) is 0 Å². The number of hydrogen-bond donors (Lipinski definition) is 0. The van der Waals surface area contributed by atoms with Gasteiger partial charge in [0.15, 0.2) is 23.3 Å². The first-order chi connectivity index (χ1) is 12.8. The number of halogens is 5. The van der Waals surface area contributed by atoms with Crippen LogP contribution in [0, 0.1) is 23.3 Å². The highest BCUT2D eigenvalue weighted by molar-refractivity contribution is 5.84. The second-order valence-electron chi connectivity index (χ2n) is 6.35. The van der Waals surface area contributed by atoms with Crippen LogP contribution in [0.5, 0.6) is 0 Å². The van der Waals surface area contributed by atoms with Crippen LogP contribution < -0.4 is 0 Å². The number of fused-ring (bicyclic) bond motifs is 1. The van der Waals surface area contributed by atoms with Crippen LogP contribution in [0.25, 0.3) is 22.2 Å². The van der Waals surface area contributed by atoms with Gasteiger partial charge in [-0.2, -0.15) is 0 Å². The van der Waals surface area contributed by atoms with E-state index in [9.17, 15) is 26.7 Å². The highest BCUT2D eigenvalue weighted by Crippen LogP contribution is 2.28. The van der Waals surface area contributed by atoms with Gasteiger partial charge in [0, 0.05) is 18.0 Å². The first-order valence-electron chi connectivity index (χ1n) is 8.04. The van der Waals surface area contributed by atoms with Gasteiger partial charge in [0.2, 0.25) is 5.91 Å². The molecule has 4 rings (SSSR count). The lowest BCUT2D eigenvalue weighted by atomic mass is 10.1. The van der Waals surface area contributed by atoms with Crippen molar-refractivity contribution in [3.8, 4) is 11.1 Å². The summed E-state index contributed by atoms with van der Waals surface area (Å²) in [6, 6.07) is 3.01. The summed E-state index contributed by atoms with van der Waals surface area (Å²) in [6.45, 7) is -0.235. The molecule has 3 heterocycles. The first kappa shape index (κ1) is 17.4. The lowest BCUT2D eigenvalue weighted by Crippen LogP contribution is -2.52. The summed E-state index contributed by atoms with van der Waals surface area (Å²) in [6.07, 6.45) is 1.23. The lowest BCUT2D eigenvalue weighted by Gasteiger charge is -2.34. The van der Waals surface area contributed by atoms with Crippen molar-refractivity contribution < 1.29 is 26.7 Å². The Kier molecular flexibility index (Phi) is 4.09. The molecule has 0 radical (unpaired) electrons. The minimum Gasteiger partial charge on any atom is -0.335 e. The summed E-state index contributed by atoms with van der Waals surface area (Å²) in [5.74, 6) is -5.37. The second kappa shape index (κ2) is 6.33. The zero-order valence-corrected chi connectivity index (χ0v) is 13.7. The third-order valence-corrected chi connectivity index (χ3v) is 4.48. The van der Waals surface area contributed by atoms with Crippen LogP contribution in [0.4, 0.5) is 22.0 Å². The largest absolute Gasteiger partial charge is 0.335 e. The van der Waals surface area contributed by atoms with Gasteiger partial charge in [0.05, 0.1) is 18.6 Å². The molecule has 0 aliphatic carbocycles. The Morgan fingerprint density at radius 3 is 2.33 bits per heavy atom. The van der Waals surface area contributed by atoms with Gasteiger partial charge in [-0.15, -0.1) is 0 Å². The number of carbonyl (C=O) groups excluding carboxylic acids is 1. The summed E-state index contributed by atoms with van der Waals surface area (Å²) in [5, 5.41) is 0. The van der Waals surface area contributed by atoms with Crippen molar-refractivity contribution in [2.24, 2.45) is 0 Å². The lowest BCUT2D eigenvalue weighted by molar-refractivity contribution is -0.138. The fourth-order valence-electron chi connectivity index (χ4n) is 3.01. The van der Waals surface area contributed by atoms with Crippen molar-refractivity contribution in [2.45, 2.75) is 12.7 Å². The maximum Gasteiger partial charge on any atom is 0.242 e. The van der Waals surface area contributed by atoms with Crippen molar-refractivity contribution in [1.29, 1.82) is 0 Å². The number of nitrogens with zero attached hydrogens (tertiary/aromatic N) is 3. The molecule has 4 nitrogen and oxygen atoms in total. The van der Waals surface area contributed by atoms with Crippen LogP contribution in [0.15, 0.2) is 30.6 Å². The highest BCUT2D eigenvalue weighted by atomic mass is 19.2. The normalized spacial score (nSPS) is 14.6. The third-order valence-electron chi connectivity index (χ3n) is 4.48. The summed E-state index contributed by atoms with van der Waals surface area (Å²) < 4.78 is 68.4. The average molecular weight is 381 g/mol. The maximum absolute atomic E-state index is 14.1. The average Bonchev–Trinajstić information content (AvgIpc) is 2.91. The molecule has 2 aromatic heterocycles. The molecule has 0 spiro atoms. The van der Waals surface area contributed by atoms with Gasteiger partial charge in [-0.1, -0.05) is 0 Å². The first-order valence-corrected chi connectivity index (χ1v) is 8.04. The van der Waals surface area contributed by atoms with Crippen molar-refractivity contribution in [2.75, 3.05) is 13.1 Å². The van der Waals surface area contributed by atoms with E-state index in [4.69, 9.17) is 0 Å². The molecule has 1 aliphatic heterocycles. The van der Waals surface area contributed by atoms with E-state index in [2.05, 4.69) is 4.98 Å². The molecular formula is C18H12F5N3O. The fourth-order valence-corrected chi connectivity index (χ4v) is 3.01. The van der Waals surface area contributed by atoms with Crippen molar-refractivity contribution in [3.05, 3.63) is 53.9 Å². The van der Waals surface area contributed by atoms with Crippen LogP contribution >= 0.6 is 0 Å². The molecular weight excluding hydrogens is 369 g/mol. The fraction of sp³-hybridized carbons (Fsp3) is 0.222. The van der Waals surface area contributed by atoms with Gasteiger partial charge in [0.25, 0.3) is 0 Å². The number of pyridine rings is 1. The molecule has 0 N–H and O–H groups in total.